The molecule has 31 heavy (non-hydrogen) atoms. The summed E-state index contributed by atoms with van der Waals surface area (Å²) < 4.78 is 11.4. The van der Waals surface area contributed by atoms with Crippen LogP contribution in [0.2, 0.25) is 0 Å². The molecule has 2 aliphatic rings. The quantitative estimate of drug-likeness (QED) is 0.492. The third kappa shape index (κ3) is 4.42. The van der Waals surface area contributed by atoms with Crippen LogP contribution in [0.1, 0.15) is 48.1 Å². The summed E-state index contributed by atoms with van der Waals surface area (Å²) in [6.07, 6.45) is -5.13. The fraction of sp³-hybridized carbons (Fsp3) is 0.500. The molecular weight excluding hydrogens is 398 g/mol. The molecule has 7 heteroatoms. The zero-order valence-corrected chi connectivity index (χ0v) is 17.9. The van der Waals surface area contributed by atoms with Crippen molar-refractivity contribution in [1.82, 2.24) is 0 Å². The van der Waals surface area contributed by atoms with Gasteiger partial charge >= 0.3 is 0 Å². The zero-order valence-electron chi connectivity index (χ0n) is 17.9. The van der Waals surface area contributed by atoms with Crippen LogP contribution in [0.4, 0.5) is 5.69 Å². The Labute approximate surface area is 182 Å². The molecule has 0 aliphatic carbocycles. The summed E-state index contributed by atoms with van der Waals surface area (Å²) in [5.74, 6) is 1.16. The lowest BCUT2D eigenvalue weighted by atomic mass is 9.86. The van der Waals surface area contributed by atoms with Crippen molar-refractivity contribution in [2.45, 2.75) is 56.7 Å². The van der Waals surface area contributed by atoms with Crippen LogP contribution in [0.15, 0.2) is 36.4 Å². The van der Waals surface area contributed by atoms with Gasteiger partial charge in [0.15, 0.2) is 0 Å². The van der Waals surface area contributed by atoms with Crippen molar-refractivity contribution in [3.05, 3.63) is 58.7 Å². The maximum Gasteiger partial charge on any atom is 0.142 e. The highest BCUT2D eigenvalue weighted by atomic mass is 16.5. The van der Waals surface area contributed by atoms with Gasteiger partial charge in [0, 0.05) is 6.54 Å². The van der Waals surface area contributed by atoms with Crippen LogP contribution < -0.4 is 10.1 Å². The number of ether oxygens (including phenoxy) is 2. The minimum Gasteiger partial charge on any atom is -0.490 e. The van der Waals surface area contributed by atoms with Gasteiger partial charge in [-0.15, -0.1) is 0 Å². The first kappa shape index (κ1) is 22.0. The molecule has 168 valence electrons. The number of anilines is 1. The number of aliphatic hydroxyl groups is 4. The summed E-state index contributed by atoms with van der Waals surface area (Å²) in [6.45, 7) is 5.26. The van der Waals surface area contributed by atoms with Crippen molar-refractivity contribution in [3.63, 3.8) is 0 Å². The second-order valence-electron chi connectivity index (χ2n) is 8.64. The third-order valence-corrected chi connectivity index (χ3v) is 6.12. The molecule has 5 atom stereocenters. The zero-order chi connectivity index (χ0) is 22.1. The highest BCUT2D eigenvalue weighted by molar-refractivity contribution is 5.60. The first-order chi connectivity index (χ1) is 14.9. The van der Waals surface area contributed by atoms with Crippen LogP contribution >= 0.6 is 0 Å². The number of rotatable bonds is 5. The fourth-order valence-corrected chi connectivity index (χ4v) is 4.41. The predicted octanol–water partition coefficient (Wildman–Crippen LogP) is 1.72. The second-order valence-corrected chi connectivity index (χ2v) is 8.64. The van der Waals surface area contributed by atoms with Crippen LogP contribution in [-0.2, 0) is 11.2 Å². The molecular formula is C24H31NO6. The number of aliphatic hydroxyl groups excluding tert-OH is 4. The monoisotopic (exact) mass is 429 g/mol. The maximum absolute atomic E-state index is 10.5. The molecule has 4 rings (SSSR count). The Hall–Kier alpha value is -2.16. The molecule has 4 unspecified atom stereocenters. The van der Waals surface area contributed by atoms with Gasteiger partial charge in [-0.2, -0.15) is 0 Å². The lowest BCUT2D eigenvalue weighted by Gasteiger charge is -2.40. The summed E-state index contributed by atoms with van der Waals surface area (Å²) >= 11 is 0. The Kier molecular flexibility index (Phi) is 6.50. The van der Waals surface area contributed by atoms with Crippen LogP contribution in [0, 0.1) is 0 Å². The van der Waals surface area contributed by atoms with Gasteiger partial charge in [-0.3, -0.25) is 0 Å². The van der Waals surface area contributed by atoms with Crippen molar-refractivity contribution < 1.29 is 29.9 Å². The topological polar surface area (TPSA) is 111 Å². The lowest BCUT2D eigenvalue weighted by Crippen LogP contribution is -2.55. The van der Waals surface area contributed by atoms with Gasteiger partial charge in [0.1, 0.15) is 42.9 Å². The minimum atomic E-state index is -1.39. The van der Waals surface area contributed by atoms with Gasteiger partial charge < -0.3 is 35.2 Å². The standard InChI is InChI=1S/C24H31NO6/c1-13(2)17-5-4-15(24-23(29)22(28)21(27)20(12-26)31-24)11-16(17)9-14-3-6-19-18(10-14)25-7-8-30-19/h3-6,10-11,13,20-29H,7-9,12H2,1-2H3/t20-,21?,22?,23?,24?/m1/s1. The van der Waals surface area contributed by atoms with E-state index in [1.165, 1.54) is 5.56 Å². The van der Waals surface area contributed by atoms with Crippen molar-refractivity contribution in [2.24, 2.45) is 0 Å². The van der Waals surface area contributed by atoms with E-state index in [1.807, 2.05) is 24.3 Å². The number of nitrogens with one attached hydrogen (secondary N) is 1. The van der Waals surface area contributed by atoms with Gasteiger partial charge in [0.05, 0.1) is 12.3 Å². The smallest absolute Gasteiger partial charge is 0.142 e. The Morgan fingerprint density at radius 2 is 1.84 bits per heavy atom. The van der Waals surface area contributed by atoms with E-state index >= 15 is 0 Å². The first-order valence-corrected chi connectivity index (χ1v) is 10.8. The van der Waals surface area contributed by atoms with Gasteiger partial charge in [-0.1, -0.05) is 38.1 Å². The summed E-state index contributed by atoms with van der Waals surface area (Å²) in [5.41, 5.74) is 5.11. The highest BCUT2D eigenvalue weighted by Crippen LogP contribution is 2.35. The largest absolute Gasteiger partial charge is 0.490 e. The molecule has 2 aliphatic heterocycles. The van der Waals surface area contributed by atoms with E-state index in [4.69, 9.17) is 9.47 Å². The number of hydrogen-bond acceptors (Lipinski definition) is 7. The summed E-state index contributed by atoms with van der Waals surface area (Å²) in [6, 6.07) is 12.0. The SMILES string of the molecule is CC(C)c1ccc(C2O[C@H](CO)C(O)C(O)C2O)cc1Cc1ccc2c(c1)NCCO2. The summed E-state index contributed by atoms with van der Waals surface area (Å²) in [4.78, 5) is 0. The molecule has 0 bridgehead atoms. The summed E-state index contributed by atoms with van der Waals surface area (Å²) in [7, 11) is 0. The number of fused-ring (bicyclic) bond motifs is 1. The maximum atomic E-state index is 10.5. The van der Waals surface area contributed by atoms with Crippen LogP contribution in [-0.4, -0.2) is 64.6 Å². The lowest BCUT2D eigenvalue weighted by molar-refractivity contribution is -0.231. The van der Waals surface area contributed by atoms with E-state index in [-0.39, 0.29) is 0 Å². The van der Waals surface area contributed by atoms with Gasteiger partial charge in [-0.05, 0) is 46.7 Å². The van der Waals surface area contributed by atoms with E-state index in [2.05, 4.69) is 31.3 Å². The molecule has 1 saturated heterocycles. The molecule has 0 saturated carbocycles. The Bertz CT molecular complexity index is 915. The van der Waals surface area contributed by atoms with Crippen LogP contribution in [0.3, 0.4) is 0 Å². The van der Waals surface area contributed by atoms with Crippen LogP contribution in [0.5, 0.6) is 5.75 Å². The van der Waals surface area contributed by atoms with Gasteiger partial charge in [-0.25, -0.2) is 0 Å². The van der Waals surface area contributed by atoms with Gasteiger partial charge in [0.2, 0.25) is 0 Å². The molecule has 1 fully saturated rings. The van der Waals surface area contributed by atoms with E-state index in [0.717, 1.165) is 29.1 Å². The normalized spacial score (nSPS) is 28.0. The molecule has 7 nitrogen and oxygen atoms in total. The van der Waals surface area contributed by atoms with E-state index < -0.39 is 37.1 Å². The average Bonchev–Trinajstić information content (AvgIpc) is 2.77. The van der Waals surface area contributed by atoms with Crippen molar-refractivity contribution in [2.75, 3.05) is 25.1 Å². The molecule has 0 radical (unpaired) electrons. The minimum absolute atomic E-state index is 0.304. The number of benzene rings is 2. The fourth-order valence-electron chi connectivity index (χ4n) is 4.41. The Morgan fingerprint density at radius 1 is 1.03 bits per heavy atom. The molecule has 2 aromatic carbocycles. The van der Waals surface area contributed by atoms with Crippen LogP contribution in [0.25, 0.3) is 0 Å². The average molecular weight is 430 g/mol. The molecule has 0 amide bonds. The first-order valence-electron chi connectivity index (χ1n) is 10.8. The molecule has 2 heterocycles. The molecule has 0 spiro atoms. The summed E-state index contributed by atoms with van der Waals surface area (Å²) in [5, 5.41) is 43.6. The third-order valence-electron chi connectivity index (χ3n) is 6.12. The van der Waals surface area contributed by atoms with E-state index in [1.54, 1.807) is 0 Å². The Balaban J connectivity index is 1.65. The molecule has 2 aromatic rings. The van der Waals surface area contributed by atoms with Gasteiger partial charge in [0.25, 0.3) is 0 Å². The Morgan fingerprint density at radius 3 is 2.58 bits per heavy atom. The van der Waals surface area contributed by atoms with Crippen molar-refractivity contribution in [3.8, 4) is 5.75 Å². The van der Waals surface area contributed by atoms with E-state index in [9.17, 15) is 20.4 Å². The molecule has 5 N–H and O–H groups in total. The van der Waals surface area contributed by atoms with Crippen molar-refractivity contribution >= 4 is 5.69 Å². The molecule has 0 aromatic heterocycles. The van der Waals surface area contributed by atoms with E-state index in [0.29, 0.717) is 24.5 Å². The predicted molar refractivity (Wildman–Crippen MR) is 116 cm³/mol. The number of hydrogen-bond donors (Lipinski definition) is 5. The second kappa shape index (κ2) is 9.14. The van der Waals surface area contributed by atoms with Crippen molar-refractivity contribution in [1.29, 1.82) is 0 Å². The highest BCUT2D eigenvalue weighted by Gasteiger charge is 2.44.